The minimum absolute atomic E-state index is 0.0672. The van der Waals surface area contributed by atoms with Gasteiger partial charge < -0.3 is 15.0 Å². The van der Waals surface area contributed by atoms with Gasteiger partial charge in [-0.15, -0.1) is 0 Å². The minimum Gasteiger partial charge on any atom is -0.497 e. The van der Waals surface area contributed by atoms with Crippen molar-refractivity contribution < 1.29 is 14.3 Å². The molecule has 2 aromatic carbocycles. The van der Waals surface area contributed by atoms with E-state index in [9.17, 15) is 9.59 Å². The van der Waals surface area contributed by atoms with Gasteiger partial charge in [-0.2, -0.15) is 0 Å². The van der Waals surface area contributed by atoms with E-state index < -0.39 is 6.04 Å². The van der Waals surface area contributed by atoms with Crippen LogP contribution in [0.4, 0.5) is 0 Å². The standard InChI is InChI=1S/C21H26N2O3/c1-4-19(21(25)22-2)23(15-17-10-12-18(26-3)13-11-17)20(24)14-16-8-6-5-7-9-16/h5-13,19H,4,14-15H2,1-3H3,(H,22,25). The third-order valence-electron chi connectivity index (χ3n) is 4.34. The van der Waals surface area contributed by atoms with Gasteiger partial charge in [-0.05, 0) is 29.7 Å². The molecule has 138 valence electrons. The Hall–Kier alpha value is -2.82. The lowest BCUT2D eigenvalue weighted by molar-refractivity contribution is -0.140. The van der Waals surface area contributed by atoms with Crippen molar-refractivity contribution in [2.75, 3.05) is 14.2 Å². The number of nitrogens with one attached hydrogen (secondary N) is 1. The number of carbonyl (C=O) groups excluding carboxylic acids is 2. The van der Waals surface area contributed by atoms with E-state index in [-0.39, 0.29) is 18.2 Å². The van der Waals surface area contributed by atoms with Crippen LogP contribution in [0.2, 0.25) is 0 Å². The van der Waals surface area contributed by atoms with Crippen molar-refractivity contribution in [3.8, 4) is 5.75 Å². The lowest BCUT2D eigenvalue weighted by Gasteiger charge is -2.30. The fraction of sp³-hybridized carbons (Fsp3) is 0.333. The summed E-state index contributed by atoms with van der Waals surface area (Å²) in [4.78, 5) is 26.9. The number of methoxy groups -OCH3 is 1. The number of amides is 2. The first-order valence-corrected chi connectivity index (χ1v) is 8.77. The Morgan fingerprint density at radius 3 is 2.23 bits per heavy atom. The van der Waals surface area contributed by atoms with Crippen LogP contribution in [-0.4, -0.2) is 36.9 Å². The van der Waals surface area contributed by atoms with Crippen molar-refractivity contribution >= 4 is 11.8 Å². The molecule has 0 fully saturated rings. The number of carbonyl (C=O) groups is 2. The first-order valence-electron chi connectivity index (χ1n) is 8.77. The molecule has 0 aliphatic heterocycles. The molecule has 0 aliphatic rings. The molecule has 0 saturated heterocycles. The largest absolute Gasteiger partial charge is 0.497 e. The molecule has 0 heterocycles. The summed E-state index contributed by atoms with van der Waals surface area (Å²) < 4.78 is 5.18. The number of nitrogens with zero attached hydrogens (tertiary/aromatic N) is 1. The Morgan fingerprint density at radius 1 is 1.04 bits per heavy atom. The summed E-state index contributed by atoms with van der Waals surface area (Å²) >= 11 is 0. The highest BCUT2D eigenvalue weighted by Gasteiger charge is 2.27. The third-order valence-corrected chi connectivity index (χ3v) is 4.34. The van der Waals surface area contributed by atoms with Gasteiger partial charge in [-0.3, -0.25) is 9.59 Å². The summed E-state index contributed by atoms with van der Waals surface area (Å²) in [5.41, 5.74) is 1.89. The lowest BCUT2D eigenvalue weighted by Crippen LogP contribution is -2.48. The maximum absolute atomic E-state index is 13.0. The number of ether oxygens (including phenoxy) is 1. The van der Waals surface area contributed by atoms with E-state index in [2.05, 4.69) is 5.32 Å². The van der Waals surface area contributed by atoms with E-state index in [1.54, 1.807) is 19.1 Å². The average Bonchev–Trinajstić information content (AvgIpc) is 2.68. The van der Waals surface area contributed by atoms with Crippen molar-refractivity contribution in [2.45, 2.75) is 32.4 Å². The molecule has 5 heteroatoms. The summed E-state index contributed by atoms with van der Waals surface area (Å²) in [5.74, 6) is 0.541. The van der Waals surface area contributed by atoms with E-state index in [1.807, 2.05) is 61.5 Å². The van der Waals surface area contributed by atoms with Crippen LogP contribution < -0.4 is 10.1 Å². The predicted octanol–water partition coefficient (Wildman–Crippen LogP) is 2.79. The minimum atomic E-state index is -0.502. The second-order valence-corrected chi connectivity index (χ2v) is 6.07. The topological polar surface area (TPSA) is 58.6 Å². The molecule has 2 aromatic rings. The van der Waals surface area contributed by atoms with Gasteiger partial charge in [0.05, 0.1) is 13.5 Å². The Bertz CT molecular complexity index is 714. The van der Waals surface area contributed by atoms with Crippen LogP contribution in [0.3, 0.4) is 0 Å². The fourth-order valence-corrected chi connectivity index (χ4v) is 2.89. The van der Waals surface area contributed by atoms with Crippen molar-refractivity contribution in [1.82, 2.24) is 10.2 Å². The normalized spacial score (nSPS) is 11.5. The van der Waals surface area contributed by atoms with Gasteiger partial charge in [-0.25, -0.2) is 0 Å². The summed E-state index contributed by atoms with van der Waals surface area (Å²) in [6.07, 6.45) is 0.820. The van der Waals surface area contributed by atoms with Crippen LogP contribution in [0, 0.1) is 0 Å². The highest BCUT2D eigenvalue weighted by molar-refractivity contribution is 5.88. The summed E-state index contributed by atoms with van der Waals surface area (Å²) in [7, 11) is 3.21. The predicted molar refractivity (Wildman–Crippen MR) is 102 cm³/mol. The van der Waals surface area contributed by atoms with Gasteiger partial charge in [0.2, 0.25) is 11.8 Å². The molecule has 0 aliphatic carbocycles. The van der Waals surface area contributed by atoms with E-state index in [0.717, 1.165) is 16.9 Å². The number of hydrogen-bond donors (Lipinski definition) is 1. The zero-order valence-electron chi connectivity index (χ0n) is 15.6. The van der Waals surface area contributed by atoms with Gasteiger partial charge >= 0.3 is 0 Å². The summed E-state index contributed by atoms with van der Waals surface area (Å²) in [5, 5.41) is 2.67. The SMILES string of the molecule is CCC(C(=O)NC)N(Cc1ccc(OC)cc1)C(=O)Cc1ccccc1. The maximum Gasteiger partial charge on any atom is 0.242 e. The molecule has 1 N–H and O–H groups in total. The Labute approximate surface area is 155 Å². The second-order valence-electron chi connectivity index (χ2n) is 6.07. The highest BCUT2D eigenvalue weighted by atomic mass is 16.5. The Balaban J connectivity index is 2.24. The zero-order valence-corrected chi connectivity index (χ0v) is 15.6. The molecule has 0 aromatic heterocycles. The van der Waals surface area contributed by atoms with Crippen LogP contribution in [0.1, 0.15) is 24.5 Å². The molecule has 5 nitrogen and oxygen atoms in total. The quantitative estimate of drug-likeness (QED) is 0.793. The van der Waals surface area contributed by atoms with Crippen LogP contribution >= 0.6 is 0 Å². The van der Waals surface area contributed by atoms with Gasteiger partial charge in [-0.1, -0.05) is 49.4 Å². The fourth-order valence-electron chi connectivity index (χ4n) is 2.89. The van der Waals surface area contributed by atoms with Gasteiger partial charge in [0, 0.05) is 13.6 Å². The molecule has 26 heavy (non-hydrogen) atoms. The van der Waals surface area contributed by atoms with E-state index in [1.165, 1.54) is 0 Å². The number of hydrogen-bond acceptors (Lipinski definition) is 3. The molecule has 2 rings (SSSR count). The summed E-state index contributed by atoms with van der Waals surface area (Å²) in [6.45, 7) is 2.29. The molecule has 0 spiro atoms. The van der Waals surface area contributed by atoms with Crippen LogP contribution in [0.15, 0.2) is 54.6 Å². The van der Waals surface area contributed by atoms with E-state index in [0.29, 0.717) is 13.0 Å². The van der Waals surface area contributed by atoms with E-state index in [4.69, 9.17) is 4.74 Å². The first-order chi connectivity index (χ1) is 12.6. The molecular formula is C21H26N2O3. The third kappa shape index (κ3) is 5.09. The highest BCUT2D eigenvalue weighted by Crippen LogP contribution is 2.17. The molecular weight excluding hydrogens is 328 g/mol. The van der Waals surface area contributed by atoms with Gasteiger partial charge in [0.15, 0.2) is 0 Å². The van der Waals surface area contributed by atoms with Crippen molar-refractivity contribution in [3.63, 3.8) is 0 Å². The Morgan fingerprint density at radius 2 is 1.69 bits per heavy atom. The number of benzene rings is 2. The average molecular weight is 354 g/mol. The molecule has 1 atom stereocenters. The van der Waals surface area contributed by atoms with Gasteiger partial charge in [0.25, 0.3) is 0 Å². The maximum atomic E-state index is 13.0. The Kier molecular flexibility index (Phi) is 7.21. The number of rotatable bonds is 8. The number of likely N-dealkylation sites (N-methyl/N-ethyl adjacent to an activating group) is 1. The zero-order chi connectivity index (χ0) is 18.9. The van der Waals surface area contributed by atoms with Gasteiger partial charge in [0.1, 0.15) is 11.8 Å². The van der Waals surface area contributed by atoms with Crippen LogP contribution in [-0.2, 0) is 22.6 Å². The molecule has 0 radical (unpaired) electrons. The smallest absolute Gasteiger partial charge is 0.242 e. The summed E-state index contributed by atoms with van der Waals surface area (Å²) in [6, 6.07) is 16.6. The van der Waals surface area contributed by atoms with Crippen molar-refractivity contribution in [2.24, 2.45) is 0 Å². The monoisotopic (exact) mass is 354 g/mol. The van der Waals surface area contributed by atoms with Crippen LogP contribution in [0.25, 0.3) is 0 Å². The molecule has 1 unspecified atom stereocenters. The first kappa shape index (κ1) is 19.5. The second kappa shape index (κ2) is 9.61. The molecule has 0 bridgehead atoms. The van der Waals surface area contributed by atoms with E-state index >= 15 is 0 Å². The van der Waals surface area contributed by atoms with Crippen molar-refractivity contribution in [1.29, 1.82) is 0 Å². The lowest BCUT2D eigenvalue weighted by atomic mass is 10.1. The molecule has 2 amide bonds. The van der Waals surface area contributed by atoms with Crippen LogP contribution in [0.5, 0.6) is 5.75 Å². The molecule has 0 saturated carbocycles. The van der Waals surface area contributed by atoms with Crippen molar-refractivity contribution in [3.05, 3.63) is 65.7 Å².